The Kier molecular flexibility index (Phi) is 5.15. The van der Waals surface area contributed by atoms with Crippen molar-refractivity contribution < 1.29 is 14.3 Å². The molecule has 5 heteroatoms. The minimum atomic E-state index is -0.148. The summed E-state index contributed by atoms with van der Waals surface area (Å²) in [6.07, 6.45) is 2.31. The zero-order valence-corrected chi connectivity index (χ0v) is 15.3. The van der Waals surface area contributed by atoms with Gasteiger partial charge in [0.05, 0.1) is 12.1 Å². The molecule has 2 aromatic carbocycles. The number of aromatic nitrogens is 1. The van der Waals surface area contributed by atoms with Gasteiger partial charge in [-0.2, -0.15) is 0 Å². The summed E-state index contributed by atoms with van der Waals surface area (Å²) in [4.78, 5) is 31.9. The van der Waals surface area contributed by atoms with Crippen LogP contribution in [0.2, 0.25) is 0 Å². The summed E-state index contributed by atoms with van der Waals surface area (Å²) < 4.78 is 5.87. The predicted octanol–water partition coefficient (Wildman–Crippen LogP) is 3.61. The van der Waals surface area contributed by atoms with Crippen LogP contribution in [0.1, 0.15) is 32.7 Å². The lowest BCUT2D eigenvalue weighted by Crippen LogP contribution is -2.32. The number of ketones is 1. The van der Waals surface area contributed by atoms with Gasteiger partial charge in [-0.3, -0.25) is 9.59 Å². The van der Waals surface area contributed by atoms with E-state index in [1.165, 1.54) is 0 Å². The molecule has 0 aliphatic carbocycles. The number of likely N-dealkylation sites (tertiary alicyclic amines) is 1. The second-order valence-corrected chi connectivity index (χ2v) is 6.69. The highest BCUT2D eigenvalue weighted by atomic mass is 16.5. The maximum Gasteiger partial charge on any atom is 0.254 e. The first-order chi connectivity index (χ1) is 13.7. The van der Waals surface area contributed by atoms with Crippen LogP contribution in [0, 0.1) is 0 Å². The van der Waals surface area contributed by atoms with Crippen LogP contribution in [0.5, 0.6) is 5.88 Å². The van der Waals surface area contributed by atoms with Crippen LogP contribution in [-0.2, 0) is 0 Å². The molecule has 1 aromatic heterocycles. The van der Waals surface area contributed by atoms with Crippen LogP contribution in [0.15, 0.2) is 79.0 Å². The summed E-state index contributed by atoms with van der Waals surface area (Å²) in [5.41, 5.74) is 1.42. The standard InChI is InChI=1S/C23H20N2O3/c26-22(17-8-2-1-3-9-17)19-10-4-5-11-20(19)23(27)25-15-13-18(16-25)28-21-12-6-7-14-24-21/h1-12,14,18H,13,15-16H2. The highest BCUT2D eigenvalue weighted by Crippen LogP contribution is 2.21. The zero-order chi connectivity index (χ0) is 19.3. The van der Waals surface area contributed by atoms with E-state index in [0.717, 1.165) is 6.42 Å². The first-order valence-corrected chi connectivity index (χ1v) is 9.28. The minimum Gasteiger partial charge on any atom is -0.472 e. The van der Waals surface area contributed by atoms with Crippen molar-refractivity contribution in [3.8, 4) is 5.88 Å². The second-order valence-electron chi connectivity index (χ2n) is 6.69. The van der Waals surface area contributed by atoms with E-state index in [0.29, 0.717) is 35.7 Å². The zero-order valence-electron chi connectivity index (χ0n) is 15.3. The predicted molar refractivity (Wildman–Crippen MR) is 105 cm³/mol. The summed E-state index contributed by atoms with van der Waals surface area (Å²) in [5, 5.41) is 0. The van der Waals surface area contributed by atoms with Crippen molar-refractivity contribution in [2.75, 3.05) is 13.1 Å². The second kappa shape index (κ2) is 8.05. The van der Waals surface area contributed by atoms with Gasteiger partial charge < -0.3 is 9.64 Å². The first-order valence-electron chi connectivity index (χ1n) is 9.28. The molecular formula is C23H20N2O3. The summed E-state index contributed by atoms with van der Waals surface area (Å²) in [7, 11) is 0. The smallest absolute Gasteiger partial charge is 0.254 e. The fourth-order valence-electron chi connectivity index (χ4n) is 3.38. The Balaban J connectivity index is 1.51. The lowest BCUT2D eigenvalue weighted by molar-refractivity contribution is 0.0767. The van der Waals surface area contributed by atoms with Crippen molar-refractivity contribution in [1.29, 1.82) is 0 Å². The molecule has 1 aliphatic heterocycles. The molecule has 0 bridgehead atoms. The Labute approximate surface area is 163 Å². The fraction of sp³-hybridized carbons (Fsp3) is 0.174. The molecule has 28 heavy (non-hydrogen) atoms. The quantitative estimate of drug-likeness (QED) is 0.642. The van der Waals surface area contributed by atoms with Gasteiger partial charge in [0.2, 0.25) is 5.88 Å². The molecule has 0 N–H and O–H groups in total. The van der Waals surface area contributed by atoms with Gasteiger partial charge in [-0.05, 0) is 12.1 Å². The molecule has 4 rings (SSSR count). The average molecular weight is 372 g/mol. The van der Waals surface area contributed by atoms with Gasteiger partial charge in [0.15, 0.2) is 5.78 Å². The SMILES string of the molecule is O=C(c1ccccc1)c1ccccc1C(=O)N1CCC(Oc2ccccn2)C1. The third-order valence-corrected chi connectivity index (χ3v) is 4.80. The summed E-state index contributed by atoms with van der Waals surface area (Å²) in [6, 6.07) is 21.5. The Bertz CT molecular complexity index is 973. The van der Waals surface area contributed by atoms with Gasteiger partial charge in [-0.1, -0.05) is 54.6 Å². The lowest BCUT2D eigenvalue weighted by atomic mass is 9.97. The Morgan fingerprint density at radius 3 is 2.36 bits per heavy atom. The number of benzene rings is 2. The lowest BCUT2D eigenvalue weighted by Gasteiger charge is -2.18. The Hall–Kier alpha value is -3.47. The number of hydrogen-bond donors (Lipinski definition) is 0. The van der Waals surface area contributed by atoms with Crippen LogP contribution in [-0.4, -0.2) is 40.8 Å². The highest BCUT2D eigenvalue weighted by molar-refractivity contribution is 6.15. The maximum absolute atomic E-state index is 13.1. The summed E-state index contributed by atoms with van der Waals surface area (Å²) in [5.74, 6) is 0.262. The monoisotopic (exact) mass is 372 g/mol. The third-order valence-electron chi connectivity index (χ3n) is 4.80. The summed E-state index contributed by atoms with van der Waals surface area (Å²) in [6.45, 7) is 1.06. The van der Waals surface area contributed by atoms with Crippen molar-refractivity contribution in [2.45, 2.75) is 12.5 Å². The molecule has 1 amide bonds. The molecule has 0 radical (unpaired) electrons. The third kappa shape index (κ3) is 3.78. The molecule has 2 heterocycles. The van der Waals surface area contributed by atoms with Gasteiger partial charge in [0.25, 0.3) is 5.91 Å². The van der Waals surface area contributed by atoms with Crippen LogP contribution < -0.4 is 4.74 Å². The van der Waals surface area contributed by atoms with Crippen LogP contribution in [0.3, 0.4) is 0 Å². The normalized spacial score (nSPS) is 16.0. The highest BCUT2D eigenvalue weighted by Gasteiger charge is 2.30. The van der Waals surface area contributed by atoms with E-state index in [-0.39, 0.29) is 17.8 Å². The molecule has 1 atom stereocenters. The average Bonchev–Trinajstić information content (AvgIpc) is 3.22. The Morgan fingerprint density at radius 2 is 1.61 bits per heavy atom. The van der Waals surface area contributed by atoms with E-state index in [1.54, 1.807) is 53.6 Å². The molecule has 1 saturated heterocycles. The number of hydrogen-bond acceptors (Lipinski definition) is 4. The fourth-order valence-corrected chi connectivity index (χ4v) is 3.38. The first kappa shape index (κ1) is 17.9. The van der Waals surface area contributed by atoms with E-state index in [2.05, 4.69) is 4.98 Å². The number of pyridine rings is 1. The van der Waals surface area contributed by atoms with Crippen molar-refractivity contribution in [3.05, 3.63) is 95.7 Å². The largest absolute Gasteiger partial charge is 0.472 e. The van der Waals surface area contributed by atoms with E-state index < -0.39 is 0 Å². The number of nitrogens with zero attached hydrogens (tertiary/aromatic N) is 2. The van der Waals surface area contributed by atoms with Crippen molar-refractivity contribution >= 4 is 11.7 Å². The Morgan fingerprint density at radius 1 is 0.893 bits per heavy atom. The molecule has 1 fully saturated rings. The van der Waals surface area contributed by atoms with Crippen LogP contribution in [0.25, 0.3) is 0 Å². The molecule has 5 nitrogen and oxygen atoms in total. The van der Waals surface area contributed by atoms with Gasteiger partial charge in [0.1, 0.15) is 6.10 Å². The molecule has 140 valence electrons. The van der Waals surface area contributed by atoms with Gasteiger partial charge in [-0.15, -0.1) is 0 Å². The number of rotatable bonds is 5. The van der Waals surface area contributed by atoms with E-state index in [1.807, 2.05) is 30.3 Å². The van der Waals surface area contributed by atoms with Crippen LogP contribution in [0.4, 0.5) is 0 Å². The van der Waals surface area contributed by atoms with Gasteiger partial charge in [-0.25, -0.2) is 4.98 Å². The minimum absolute atomic E-state index is 0.101. The molecular weight excluding hydrogens is 352 g/mol. The van der Waals surface area contributed by atoms with Gasteiger partial charge in [0, 0.05) is 36.4 Å². The summed E-state index contributed by atoms with van der Waals surface area (Å²) >= 11 is 0. The molecule has 1 aliphatic rings. The topological polar surface area (TPSA) is 59.5 Å². The number of carbonyl (C=O) groups excluding carboxylic acids is 2. The van der Waals surface area contributed by atoms with Crippen molar-refractivity contribution in [2.24, 2.45) is 0 Å². The maximum atomic E-state index is 13.1. The van der Waals surface area contributed by atoms with Crippen LogP contribution >= 0.6 is 0 Å². The number of ether oxygens (including phenoxy) is 1. The van der Waals surface area contributed by atoms with E-state index >= 15 is 0 Å². The van der Waals surface area contributed by atoms with Crippen molar-refractivity contribution in [1.82, 2.24) is 9.88 Å². The molecule has 0 saturated carbocycles. The number of carbonyl (C=O) groups is 2. The molecule has 1 unspecified atom stereocenters. The van der Waals surface area contributed by atoms with E-state index in [9.17, 15) is 9.59 Å². The van der Waals surface area contributed by atoms with E-state index in [4.69, 9.17) is 4.74 Å². The molecule has 3 aromatic rings. The van der Waals surface area contributed by atoms with Gasteiger partial charge >= 0.3 is 0 Å². The molecule has 0 spiro atoms. The number of amides is 1. The van der Waals surface area contributed by atoms with Crippen molar-refractivity contribution in [3.63, 3.8) is 0 Å².